The second-order valence-electron chi connectivity index (χ2n) is 10.7. The van der Waals surface area contributed by atoms with Crippen LogP contribution in [0.25, 0.3) is 34.2 Å². The second kappa shape index (κ2) is 14.6. The van der Waals surface area contributed by atoms with Crippen molar-refractivity contribution in [1.29, 1.82) is 0 Å². The van der Waals surface area contributed by atoms with Gasteiger partial charge in [0.1, 0.15) is 0 Å². The van der Waals surface area contributed by atoms with Crippen molar-refractivity contribution in [3.05, 3.63) is 89.5 Å². The highest BCUT2D eigenvalue weighted by Crippen LogP contribution is 2.26. The van der Waals surface area contributed by atoms with E-state index in [1.807, 2.05) is 0 Å². The van der Waals surface area contributed by atoms with Gasteiger partial charge in [-0.3, -0.25) is 0 Å². The molecule has 0 unspecified atom stereocenters. The molecule has 0 aliphatic heterocycles. The van der Waals surface area contributed by atoms with Gasteiger partial charge in [-0.1, -0.05) is 137 Å². The van der Waals surface area contributed by atoms with E-state index in [2.05, 4.69) is 93.6 Å². The highest BCUT2D eigenvalue weighted by Gasteiger charge is 2.12. The standard InChI is InChI=1S/C35H43N3/c1-4-5-6-7-8-9-10-11-12-13-18-29-21-23-30(24-22-29)33-36-34(31-19-14-16-27(2)25-31)38-35(37-33)32-20-15-17-28(3)26-32/h14-17,19-26H,4-13,18H2,1-3H3. The lowest BCUT2D eigenvalue weighted by atomic mass is 10.0. The maximum absolute atomic E-state index is 4.90. The van der Waals surface area contributed by atoms with E-state index in [-0.39, 0.29) is 0 Å². The third-order valence-electron chi connectivity index (χ3n) is 7.22. The van der Waals surface area contributed by atoms with E-state index in [0.717, 1.165) is 28.9 Å². The first-order chi connectivity index (χ1) is 18.6. The van der Waals surface area contributed by atoms with Gasteiger partial charge in [0.25, 0.3) is 0 Å². The van der Waals surface area contributed by atoms with Crippen LogP contribution in [0.1, 0.15) is 87.8 Å². The Morgan fingerprint density at radius 2 is 0.921 bits per heavy atom. The molecule has 0 N–H and O–H groups in total. The first-order valence-electron chi connectivity index (χ1n) is 14.6. The van der Waals surface area contributed by atoms with Gasteiger partial charge in [0.2, 0.25) is 0 Å². The van der Waals surface area contributed by atoms with Gasteiger partial charge in [0.15, 0.2) is 17.5 Å². The van der Waals surface area contributed by atoms with Crippen molar-refractivity contribution in [2.75, 3.05) is 0 Å². The summed E-state index contributed by atoms with van der Waals surface area (Å²) in [5.74, 6) is 2.15. The van der Waals surface area contributed by atoms with Gasteiger partial charge >= 0.3 is 0 Å². The van der Waals surface area contributed by atoms with Gasteiger partial charge in [0.05, 0.1) is 0 Å². The fourth-order valence-electron chi connectivity index (χ4n) is 4.97. The molecule has 0 fully saturated rings. The van der Waals surface area contributed by atoms with Crippen molar-refractivity contribution in [1.82, 2.24) is 15.0 Å². The van der Waals surface area contributed by atoms with E-state index >= 15 is 0 Å². The lowest BCUT2D eigenvalue weighted by Crippen LogP contribution is -2.00. The number of aryl methyl sites for hydroxylation is 3. The topological polar surface area (TPSA) is 38.7 Å². The monoisotopic (exact) mass is 505 g/mol. The Morgan fingerprint density at radius 3 is 1.39 bits per heavy atom. The molecule has 3 nitrogen and oxygen atoms in total. The van der Waals surface area contributed by atoms with Gasteiger partial charge in [0, 0.05) is 16.7 Å². The third-order valence-corrected chi connectivity index (χ3v) is 7.22. The molecule has 0 saturated carbocycles. The van der Waals surface area contributed by atoms with Crippen molar-refractivity contribution >= 4 is 0 Å². The van der Waals surface area contributed by atoms with Crippen molar-refractivity contribution in [3.63, 3.8) is 0 Å². The van der Waals surface area contributed by atoms with Crippen molar-refractivity contribution in [2.45, 2.75) is 91.4 Å². The van der Waals surface area contributed by atoms with Crippen LogP contribution in [-0.4, -0.2) is 15.0 Å². The van der Waals surface area contributed by atoms with Crippen LogP contribution in [0.5, 0.6) is 0 Å². The molecule has 4 aromatic rings. The average Bonchev–Trinajstić information content (AvgIpc) is 2.94. The predicted molar refractivity (Wildman–Crippen MR) is 161 cm³/mol. The highest BCUT2D eigenvalue weighted by atomic mass is 15.0. The molecule has 38 heavy (non-hydrogen) atoms. The summed E-state index contributed by atoms with van der Waals surface area (Å²) in [7, 11) is 0. The van der Waals surface area contributed by atoms with E-state index in [4.69, 9.17) is 15.0 Å². The van der Waals surface area contributed by atoms with Gasteiger partial charge < -0.3 is 0 Å². The molecule has 0 atom stereocenters. The Labute approximate surface area is 229 Å². The molecule has 198 valence electrons. The SMILES string of the molecule is CCCCCCCCCCCCc1ccc(-c2nc(-c3cccc(C)c3)nc(-c3cccc(C)c3)n2)cc1. The minimum Gasteiger partial charge on any atom is -0.208 e. The smallest absolute Gasteiger partial charge is 0.164 e. The minimum absolute atomic E-state index is 0.713. The fraction of sp³-hybridized carbons (Fsp3) is 0.400. The molecular weight excluding hydrogens is 462 g/mol. The fourth-order valence-corrected chi connectivity index (χ4v) is 4.97. The van der Waals surface area contributed by atoms with E-state index in [0.29, 0.717) is 11.6 Å². The number of benzene rings is 3. The number of hydrogen-bond donors (Lipinski definition) is 0. The van der Waals surface area contributed by atoms with Crippen molar-refractivity contribution < 1.29 is 0 Å². The highest BCUT2D eigenvalue weighted by molar-refractivity contribution is 5.67. The second-order valence-corrected chi connectivity index (χ2v) is 10.7. The molecule has 3 aromatic carbocycles. The Balaban J connectivity index is 1.41. The van der Waals surface area contributed by atoms with Gasteiger partial charge in [-0.25, -0.2) is 15.0 Å². The molecule has 0 saturated heterocycles. The first-order valence-corrected chi connectivity index (χ1v) is 14.6. The van der Waals surface area contributed by atoms with Crippen LogP contribution in [0, 0.1) is 13.8 Å². The zero-order valence-corrected chi connectivity index (χ0v) is 23.5. The van der Waals surface area contributed by atoms with Crippen LogP contribution in [0.15, 0.2) is 72.8 Å². The number of unbranched alkanes of at least 4 members (excludes halogenated alkanes) is 9. The molecule has 1 aromatic heterocycles. The van der Waals surface area contributed by atoms with E-state index in [1.54, 1.807) is 0 Å². The van der Waals surface area contributed by atoms with Crippen molar-refractivity contribution in [3.8, 4) is 34.2 Å². The van der Waals surface area contributed by atoms with Gasteiger partial charge in [-0.2, -0.15) is 0 Å². The molecular formula is C35H43N3. The average molecular weight is 506 g/mol. The van der Waals surface area contributed by atoms with Crippen molar-refractivity contribution in [2.24, 2.45) is 0 Å². The van der Waals surface area contributed by atoms with Crippen LogP contribution in [0.4, 0.5) is 0 Å². The van der Waals surface area contributed by atoms with Gasteiger partial charge in [-0.05, 0) is 44.4 Å². The zero-order chi connectivity index (χ0) is 26.6. The lowest BCUT2D eigenvalue weighted by molar-refractivity contribution is 0.556. The van der Waals surface area contributed by atoms with E-state index in [9.17, 15) is 0 Å². The van der Waals surface area contributed by atoms with Gasteiger partial charge in [-0.15, -0.1) is 0 Å². The summed E-state index contributed by atoms with van der Waals surface area (Å²) in [6.45, 7) is 6.48. The first kappa shape index (κ1) is 27.7. The summed E-state index contributed by atoms with van der Waals surface area (Å²) < 4.78 is 0. The Bertz CT molecular complexity index is 1210. The third kappa shape index (κ3) is 8.34. The summed E-state index contributed by atoms with van der Waals surface area (Å²) in [6, 6.07) is 25.5. The molecule has 0 spiro atoms. The predicted octanol–water partition coefficient (Wildman–Crippen LogP) is 9.95. The number of nitrogens with zero attached hydrogens (tertiary/aromatic N) is 3. The van der Waals surface area contributed by atoms with E-state index < -0.39 is 0 Å². The molecule has 0 bridgehead atoms. The zero-order valence-electron chi connectivity index (χ0n) is 23.5. The molecule has 0 amide bonds. The molecule has 1 heterocycles. The Morgan fingerprint density at radius 1 is 0.474 bits per heavy atom. The summed E-state index contributed by atoms with van der Waals surface area (Å²) in [4.78, 5) is 14.7. The normalized spacial score (nSPS) is 11.1. The van der Waals surface area contributed by atoms with Crippen LogP contribution >= 0.6 is 0 Å². The summed E-state index contributed by atoms with van der Waals surface area (Å²) in [5.41, 5.74) is 6.83. The molecule has 0 aliphatic rings. The largest absolute Gasteiger partial charge is 0.208 e. The molecule has 0 radical (unpaired) electrons. The molecule has 0 aliphatic carbocycles. The summed E-state index contributed by atoms with van der Waals surface area (Å²) in [5, 5.41) is 0. The number of hydrogen-bond acceptors (Lipinski definition) is 3. The maximum atomic E-state index is 4.90. The summed E-state index contributed by atoms with van der Waals surface area (Å²) >= 11 is 0. The molecule has 3 heteroatoms. The Kier molecular flexibility index (Phi) is 10.6. The summed E-state index contributed by atoms with van der Waals surface area (Å²) in [6.07, 6.45) is 14.8. The Hall–Kier alpha value is -3.33. The van der Waals surface area contributed by atoms with Crippen LogP contribution < -0.4 is 0 Å². The van der Waals surface area contributed by atoms with Crippen LogP contribution in [0.3, 0.4) is 0 Å². The lowest BCUT2D eigenvalue weighted by Gasteiger charge is -2.10. The quantitative estimate of drug-likeness (QED) is 0.160. The van der Waals surface area contributed by atoms with Crippen LogP contribution in [-0.2, 0) is 6.42 Å². The maximum Gasteiger partial charge on any atom is 0.164 e. The van der Waals surface area contributed by atoms with Crippen LogP contribution in [0.2, 0.25) is 0 Å². The van der Waals surface area contributed by atoms with E-state index in [1.165, 1.54) is 80.9 Å². The number of rotatable bonds is 14. The number of aromatic nitrogens is 3. The minimum atomic E-state index is 0.713. The molecule has 4 rings (SSSR count).